The van der Waals surface area contributed by atoms with Crippen molar-refractivity contribution in [1.82, 2.24) is 9.13 Å². The largest absolute Gasteiger partial charge is 1.00 e. The van der Waals surface area contributed by atoms with Crippen molar-refractivity contribution in [3.05, 3.63) is 30.5 Å². The van der Waals surface area contributed by atoms with Crippen LogP contribution in [0.25, 0.3) is 10.9 Å². The molecule has 0 saturated carbocycles. The number of hydrogen-bond acceptors (Lipinski definition) is 2. The summed E-state index contributed by atoms with van der Waals surface area (Å²) < 4.78 is 7.87. The molecule has 0 spiro atoms. The number of aromatic nitrogens is 1. The Kier molecular flexibility index (Phi) is 7.03. The van der Waals surface area contributed by atoms with Crippen molar-refractivity contribution in [2.75, 3.05) is 13.1 Å². The third-order valence-corrected chi connectivity index (χ3v) is 10.5. The van der Waals surface area contributed by atoms with Gasteiger partial charge in [-0.1, -0.05) is 57.7 Å². The predicted molar refractivity (Wildman–Crippen MR) is 102 cm³/mol. The van der Waals surface area contributed by atoms with Gasteiger partial charge in [-0.3, -0.25) is 0 Å². The molecule has 0 fully saturated rings. The molecule has 0 unspecified atom stereocenters. The monoisotopic (exact) mass is 352 g/mol. The SMILES string of the molecule is CCN(CC)C(=O)Oc1[c-]c2ccn([Si](C)(C)C(C)(C)C)c2cc1.[Li+]. The second-order valence-electron chi connectivity index (χ2n) is 7.66. The summed E-state index contributed by atoms with van der Waals surface area (Å²) in [6, 6.07) is 9.18. The van der Waals surface area contributed by atoms with Crippen LogP contribution in [0.2, 0.25) is 18.1 Å². The Morgan fingerprint density at radius 1 is 1.20 bits per heavy atom. The molecule has 4 nitrogen and oxygen atoms in total. The minimum atomic E-state index is -1.69. The molecule has 6 heteroatoms. The summed E-state index contributed by atoms with van der Waals surface area (Å²) in [5.41, 5.74) is 1.16. The number of ether oxygens (including phenoxy) is 1. The molecular formula is C19H29LiN2O2Si. The first-order chi connectivity index (χ1) is 11.1. The van der Waals surface area contributed by atoms with Crippen molar-refractivity contribution in [2.45, 2.75) is 52.8 Å². The van der Waals surface area contributed by atoms with Crippen LogP contribution < -0.4 is 23.6 Å². The molecular weight excluding hydrogens is 323 g/mol. The molecule has 0 aliphatic heterocycles. The topological polar surface area (TPSA) is 34.5 Å². The average molecular weight is 352 g/mol. The first-order valence-corrected chi connectivity index (χ1v) is 11.6. The Balaban J connectivity index is 0.00000312. The van der Waals surface area contributed by atoms with Crippen LogP contribution in [-0.2, 0) is 0 Å². The quantitative estimate of drug-likeness (QED) is 0.624. The molecule has 0 atom stereocenters. The Morgan fingerprint density at radius 2 is 1.80 bits per heavy atom. The van der Waals surface area contributed by atoms with Crippen LogP contribution in [0.1, 0.15) is 34.6 Å². The molecule has 132 valence electrons. The van der Waals surface area contributed by atoms with Crippen LogP contribution in [-0.4, -0.2) is 36.6 Å². The Labute approximate surface area is 164 Å². The summed E-state index contributed by atoms with van der Waals surface area (Å²) in [5.74, 6) is 0.479. The van der Waals surface area contributed by atoms with Gasteiger partial charge in [0.15, 0.2) is 0 Å². The molecule has 2 rings (SSSR count). The Hall–Kier alpha value is -1.16. The zero-order valence-corrected chi connectivity index (χ0v) is 17.9. The fraction of sp³-hybridized carbons (Fsp3) is 0.526. The van der Waals surface area contributed by atoms with Gasteiger partial charge in [0, 0.05) is 13.1 Å². The second kappa shape index (κ2) is 8.03. The summed E-state index contributed by atoms with van der Waals surface area (Å²) in [7, 11) is -1.69. The van der Waals surface area contributed by atoms with Crippen molar-refractivity contribution >= 4 is 25.2 Å². The zero-order chi connectivity index (χ0) is 18.1. The third kappa shape index (κ3) is 4.34. The van der Waals surface area contributed by atoms with Gasteiger partial charge in [0.25, 0.3) is 0 Å². The number of nitrogens with zero attached hydrogens (tertiary/aromatic N) is 2. The normalized spacial score (nSPS) is 12.0. The molecule has 0 saturated heterocycles. The van der Waals surface area contributed by atoms with Gasteiger partial charge in [-0.15, -0.1) is 17.5 Å². The van der Waals surface area contributed by atoms with Gasteiger partial charge < -0.3 is 13.9 Å². The number of rotatable bonds is 4. The Morgan fingerprint density at radius 3 is 2.32 bits per heavy atom. The van der Waals surface area contributed by atoms with Crippen molar-refractivity contribution in [3.8, 4) is 5.75 Å². The molecule has 0 bridgehead atoms. The number of benzene rings is 1. The standard InChI is InChI=1S/C19H29N2O2Si.Li/c1-8-20(9-2)18(22)23-16-10-11-17-15(14-16)12-13-21(17)24(6,7)19(3,4)5;/h10-13H,8-9H2,1-7H3;/q-1;+1. The second-order valence-corrected chi connectivity index (χ2v) is 12.8. The molecule has 0 radical (unpaired) electrons. The van der Waals surface area contributed by atoms with Gasteiger partial charge in [-0.05, 0) is 18.9 Å². The van der Waals surface area contributed by atoms with E-state index in [1.165, 1.54) is 0 Å². The fourth-order valence-corrected chi connectivity index (χ4v) is 4.57. The van der Waals surface area contributed by atoms with E-state index >= 15 is 0 Å². The van der Waals surface area contributed by atoms with Gasteiger partial charge in [0.05, 0.1) is 5.75 Å². The van der Waals surface area contributed by atoms with E-state index in [0.29, 0.717) is 18.8 Å². The summed E-state index contributed by atoms with van der Waals surface area (Å²) in [6.07, 6.45) is 1.83. The van der Waals surface area contributed by atoms with E-state index in [0.717, 1.165) is 10.9 Å². The zero-order valence-electron chi connectivity index (χ0n) is 16.9. The van der Waals surface area contributed by atoms with Gasteiger partial charge in [0.2, 0.25) is 0 Å². The maximum atomic E-state index is 12.1. The average Bonchev–Trinajstić information content (AvgIpc) is 2.91. The molecule has 1 aromatic carbocycles. The molecule has 0 aliphatic carbocycles. The van der Waals surface area contributed by atoms with Crippen molar-refractivity contribution in [2.24, 2.45) is 0 Å². The maximum absolute atomic E-state index is 12.1. The maximum Gasteiger partial charge on any atom is 1.00 e. The van der Waals surface area contributed by atoms with E-state index in [9.17, 15) is 4.79 Å². The number of fused-ring (bicyclic) bond motifs is 1. The molecule has 1 heterocycles. The number of amides is 1. The predicted octanol–water partition coefficient (Wildman–Crippen LogP) is 2.14. The molecule has 0 aliphatic rings. The van der Waals surface area contributed by atoms with Crippen LogP contribution in [0.3, 0.4) is 0 Å². The number of carbonyl (C=O) groups is 1. The van der Waals surface area contributed by atoms with Crippen LogP contribution >= 0.6 is 0 Å². The minimum Gasteiger partial charge on any atom is -0.431 e. The van der Waals surface area contributed by atoms with E-state index in [2.05, 4.69) is 56.4 Å². The fourth-order valence-electron chi connectivity index (χ4n) is 2.60. The van der Waals surface area contributed by atoms with Crippen LogP contribution in [0.4, 0.5) is 4.79 Å². The van der Waals surface area contributed by atoms with Crippen LogP contribution in [0.5, 0.6) is 5.75 Å². The first-order valence-electron chi connectivity index (χ1n) is 8.62. The van der Waals surface area contributed by atoms with Crippen molar-refractivity contribution < 1.29 is 28.4 Å². The number of hydrogen-bond donors (Lipinski definition) is 0. The minimum absolute atomic E-state index is 0. The number of carbonyl (C=O) groups excluding carboxylic acids is 1. The van der Waals surface area contributed by atoms with Crippen molar-refractivity contribution in [1.29, 1.82) is 0 Å². The first kappa shape index (κ1) is 21.9. The third-order valence-electron chi connectivity index (χ3n) is 5.23. The summed E-state index contributed by atoms with van der Waals surface area (Å²) in [6.45, 7) is 16.8. The molecule has 25 heavy (non-hydrogen) atoms. The van der Waals surface area contributed by atoms with E-state index in [-0.39, 0.29) is 30.0 Å². The van der Waals surface area contributed by atoms with E-state index in [4.69, 9.17) is 4.74 Å². The van der Waals surface area contributed by atoms with Gasteiger partial charge in [0.1, 0.15) is 8.24 Å². The van der Waals surface area contributed by atoms with Crippen molar-refractivity contribution in [3.63, 3.8) is 0 Å². The van der Waals surface area contributed by atoms with E-state index in [1.54, 1.807) is 4.90 Å². The van der Waals surface area contributed by atoms with Crippen LogP contribution in [0.15, 0.2) is 24.4 Å². The smallest absolute Gasteiger partial charge is 0.431 e. The molecule has 1 aromatic heterocycles. The summed E-state index contributed by atoms with van der Waals surface area (Å²) >= 11 is 0. The molecule has 1 amide bonds. The summed E-state index contributed by atoms with van der Waals surface area (Å²) in [5, 5.41) is 1.23. The molecule has 0 N–H and O–H groups in total. The van der Waals surface area contributed by atoms with Gasteiger partial charge in [-0.25, -0.2) is 4.79 Å². The summed E-state index contributed by atoms with van der Waals surface area (Å²) in [4.78, 5) is 13.7. The Bertz CT molecular complexity index is 731. The van der Waals surface area contributed by atoms with Gasteiger partial charge >= 0.3 is 25.0 Å². The molecule has 2 aromatic rings. The van der Waals surface area contributed by atoms with E-state index < -0.39 is 8.24 Å². The van der Waals surface area contributed by atoms with Crippen LogP contribution in [0, 0.1) is 6.07 Å². The van der Waals surface area contributed by atoms with Gasteiger partial charge in [-0.2, -0.15) is 0 Å². The van der Waals surface area contributed by atoms with E-state index in [1.807, 2.05) is 26.0 Å².